The first-order chi connectivity index (χ1) is 8.90. The lowest BCUT2D eigenvalue weighted by Crippen LogP contribution is -2.01. The van der Waals surface area contributed by atoms with Crippen molar-refractivity contribution in [2.24, 2.45) is 0 Å². The zero-order valence-corrected chi connectivity index (χ0v) is 10.6. The minimum Gasteiger partial charge on any atom is -0.207 e. The quantitative estimate of drug-likeness (QED) is 0.546. The molecule has 0 spiro atoms. The first-order valence-corrected chi connectivity index (χ1v) is 5.88. The molecule has 0 aromatic heterocycles. The topological polar surface area (TPSA) is 0 Å². The van der Waals surface area contributed by atoms with Gasteiger partial charge in [0.25, 0.3) is 0 Å². The summed E-state index contributed by atoms with van der Waals surface area (Å²) in [5.74, 6) is -3.41. The van der Waals surface area contributed by atoms with E-state index in [-0.39, 0.29) is 16.7 Å². The van der Waals surface area contributed by atoms with Gasteiger partial charge in [-0.3, -0.25) is 0 Å². The molecule has 0 amide bonds. The average Bonchev–Trinajstić information content (AvgIpc) is 2.36. The van der Waals surface area contributed by atoms with E-state index < -0.39 is 28.6 Å². The fourth-order valence-corrected chi connectivity index (χ4v) is 2.01. The van der Waals surface area contributed by atoms with Crippen molar-refractivity contribution < 1.29 is 17.6 Å². The highest BCUT2D eigenvalue weighted by Crippen LogP contribution is 2.32. The maximum atomic E-state index is 13.7. The summed E-state index contributed by atoms with van der Waals surface area (Å²) in [6, 6.07) is 4.96. The molecule has 0 nitrogen and oxygen atoms in total. The second kappa shape index (κ2) is 5.21. The van der Waals surface area contributed by atoms with Crippen molar-refractivity contribution in [3.63, 3.8) is 0 Å². The van der Waals surface area contributed by atoms with E-state index in [4.69, 9.17) is 11.6 Å². The Labute approximate surface area is 112 Å². The van der Waals surface area contributed by atoms with E-state index in [9.17, 15) is 17.6 Å². The number of benzene rings is 2. The van der Waals surface area contributed by atoms with Crippen LogP contribution in [0.3, 0.4) is 0 Å². The molecule has 0 saturated heterocycles. The smallest absolute Gasteiger partial charge is 0.159 e. The molecule has 100 valence electrons. The van der Waals surface area contributed by atoms with E-state index >= 15 is 0 Å². The van der Waals surface area contributed by atoms with Gasteiger partial charge in [-0.2, -0.15) is 0 Å². The van der Waals surface area contributed by atoms with Crippen LogP contribution in [0.25, 0.3) is 0 Å². The Morgan fingerprint density at radius 1 is 0.842 bits per heavy atom. The van der Waals surface area contributed by atoms with E-state index in [1.165, 1.54) is 13.0 Å². The molecule has 0 fully saturated rings. The lowest BCUT2D eigenvalue weighted by Gasteiger charge is -2.13. The first-order valence-electron chi connectivity index (χ1n) is 5.44. The minimum absolute atomic E-state index is 0.115. The fraction of sp³-hybridized carbons (Fsp3) is 0.143. The molecule has 0 radical (unpaired) electrons. The molecular formula is C14H9ClF4. The molecule has 2 rings (SSSR count). The van der Waals surface area contributed by atoms with Crippen molar-refractivity contribution >= 4 is 11.6 Å². The Morgan fingerprint density at radius 2 is 1.53 bits per heavy atom. The van der Waals surface area contributed by atoms with Gasteiger partial charge in [0.15, 0.2) is 11.6 Å². The van der Waals surface area contributed by atoms with Crippen LogP contribution in [-0.4, -0.2) is 0 Å². The maximum absolute atomic E-state index is 13.7. The summed E-state index contributed by atoms with van der Waals surface area (Å²) in [6.07, 6.45) is 0. The molecule has 2 aromatic carbocycles. The van der Waals surface area contributed by atoms with Gasteiger partial charge >= 0.3 is 0 Å². The fourth-order valence-electron chi connectivity index (χ4n) is 1.71. The second-order valence-electron chi connectivity index (χ2n) is 4.16. The summed E-state index contributed by atoms with van der Waals surface area (Å²) in [5.41, 5.74) is 0.189. The van der Waals surface area contributed by atoms with E-state index in [0.717, 1.165) is 24.3 Å². The van der Waals surface area contributed by atoms with Crippen LogP contribution < -0.4 is 0 Å². The van der Waals surface area contributed by atoms with Crippen molar-refractivity contribution in [1.29, 1.82) is 0 Å². The van der Waals surface area contributed by atoms with Gasteiger partial charge in [-0.1, -0.05) is 6.07 Å². The zero-order valence-electron chi connectivity index (χ0n) is 9.85. The predicted molar refractivity (Wildman–Crippen MR) is 65.1 cm³/mol. The Balaban J connectivity index is 2.46. The van der Waals surface area contributed by atoms with Gasteiger partial charge in [-0.05, 0) is 42.3 Å². The largest absolute Gasteiger partial charge is 0.207 e. The molecule has 5 heteroatoms. The van der Waals surface area contributed by atoms with Crippen LogP contribution >= 0.6 is 11.6 Å². The van der Waals surface area contributed by atoms with Crippen LogP contribution in [0.15, 0.2) is 30.3 Å². The molecule has 0 aliphatic heterocycles. The molecule has 0 aliphatic carbocycles. The van der Waals surface area contributed by atoms with E-state index in [2.05, 4.69) is 0 Å². The minimum atomic E-state index is -1.09. The average molecular weight is 289 g/mol. The standard InChI is InChI=1S/C14H9ClF4/c1-7-4-12(18)9(6-11(7)17)14(15)8-2-3-10(16)13(19)5-8/h2-6,14H,1H3. The molecule has 0 bridgehead atoms. The van der Waals surface area contributed by atoms with E-state index in [0.29, 0.717) is 0 Å². The molecule has 19 heavy (non-hydrogen) atoms. The summed E-state index contributed by atoms with van der Waals surface area (Å²) < 4.78 is 53.1. The summed E-state index contributed by atoms with van der Waals surface area (Å²) >= 11 is 5.99. The Morgan fingerprint density at radius 3 is 2.16 bits per heavy atom. The number of hydrogen-bond donors (Lipinski definition) is 0. The number of halogens is 5. The molecule has 0 saturated carbocycles. The highest BCUT2D eigenvalue weighted by atomic mass is 35.5. The molecule has 1 unspecified atom stereocenters. The number of aryl methyl sites for hydroxylation is 1. The van der Waals surface area contributed by atoms with Crippen molar-refractivity contribution in [1.82, 2.24) is 0 Å². The Hall–Kier alpha value is -1.55. The highest BCUT2D eigenvalue weighted by molar-refractivity contribution is 6.22. The van der Waals surface area contributed by atoms with E-state index in [1.807, 2.05) is 0 Å². The first kappa shape index (κ1) is 13.9. The third-order valence-corrected chi connectivity index (χ3v) is 3.27. The maximum Gasteiger partial charge on any atom is 0.159 e. The molecular weight excluding hydrogens is 280 g/mol. The van der Waals surface area contributed by atoms with Crippen molar-refractivity contribution in [3.8, 4) is 0 Å². The van der Waals surface area contributed by atoms with E-state index in [1.54, 1.807) is 0 Å². The van der Waals surface area contributed by atoms with Gasteiger partial charge < -0.3 is 0 Å². The summed E-state index contributed by atoms with van der Waals surface area (Å²) in [7, 11) is 0. The van der Waals surface area contributed by atoms with Crippen LogP contribution in [0.1, 0.15) is 22.1 Å². The van der Waals surface area contributed by atoms with Gasteiger partial charge in [0.2, 0.25) is 0 Å². The van der Waals surface area contributed by atoms with Crippen LogP contribution in [0.2, 0.25) is 0 Å². The highest BCUT2D eigenvalue weighted by Gasteiger charge is 2.18. The summed E-state index contributed by atoms with van der Waals surface area (Å²) in [5, 5.41) is -1.09. The lowest BCUT2D eigenvalue weighted by molar-refractivity contribution is 0.507. The Bertz CT molecular complexity index is 625. The lowest BCUT2D eigenvalue weighted by atomic mass is 10.0. The van der Waals surface area contributed by atoms with Crippen LogP contribution in [-0.2, 0) is 0 Å². The van der Waals surface area contributed by atoms with Crippen molar-refractivity contribution in [2.45, 2.75) is 12.3 Å². The van der Waals surface area contributed by atoms with Crippen molar-refractivity contribution in [3.05, 3.63) is 70.3 Å². The third-order valence-electron chi connectivity index (χ3n) is 2.79. The van der Waals surface area contributed by atoms with Crippen LogP contribution in [0.4, 0.5) is 17.6 Å². The molecule has 2 aromatic rings. The SMILES string of the molecule is Cc1cc(F)c(C(Cl)c2ccc(F)c(F)c2)cc1F. The van der Waals surface area contributed by atoms with Crippen molar-refractivity contribution in [2.75, 3.05) is 0 Å². The molecule has 0 aliphatic rings. The van der Waals surface area contributed by atoms with Crippen LogP contribution in [0.5, 0.6) is 0 Å². The Kier molecular flexibility index (Phi) is 3.80. The van der Waals surface area contributed by atoms with Gasteiger partial charge in [-0.15, -0.1) is 11.6 Å². The monoisotopic (exact) mass is 288 g/mol. The molecule has 0 heterocycles. The number of hydrogen-bond acceptors (Lipinski definition) is 0. The molecule has 1 atom stereocenters. The van der Waals surface area contributed by atoms with Crippen LogP contribution in [0, 0.1) is 30.2 Å². The normalized spacial score (nSPS) is 12.5. The molecule has 0 N–H and O–H groups in total. The second-order valence-corrected chi connectivity index (χ2v) is 4.60. The van der Waals surface area contributed by atoms with Gasteiger partial charge in [0, 0.05) is 5.56 Å². The van der Waals surface area contributed by atoms with Gasteiger partial charge in [0.05, 0.1) is 5.38 Å². The summed E-state index contributed by atoms with van der Waals surface area (Å²) in [4.78, 5) is 0. The number of rotatable bonds is 2. The number of alkyl halides is 1. The third kappa shape index (κ3) is 2.73. The zero-order chi connectivity index (χ0) is 14.2. The van der Waals surface area contributed by atoms with Gasteiger partial charge in [0.1, 0.15) is 11.6 Å². The predicted octanol–water partition coefficient (Wildman–Crippen LogP) is 4.88. The summed E-state index contributed by atoms with van der Waals surface area (Å²) in [6.45, 7) is 1.42. The van der Waals surface area contributed by atoms with Gasteiger partial charge in [-0.25, -0.2) is 17.6 Å².